The molecule has 0 fully saturated rings. The van der Waals surface area contributed by atoms with E-state index in [0.29, 0.717) is 17.3 Å². The standard InChI is InChI=1S/C14H23NO5/c1-10(2)7-8-19-14(3,4)9-13(18)20-15-11(16)5-6-12(15)17/h5-6,10,16-17H,7-9H2,1-4H3. The Kier molecular flexibility index (Phi) is 5.44. The maximum absolute atomic E-state index is 11.8. The average Bonchev–Trinajstić information content (AvgIpc) is 2.59. The van der Waals surface area contributed by atoms with Gasteiger partial charge in [0.15, 0.2) is 0 Å². The van der Waals surface area contributed by atoms with E-state index in [2.05, 4.69) is 13.8 Å². The van der Waals surface area contributed by atoms with Crippen LogP contribution in [0.25, 0.3) is 0 Å². The van der Waals surface area contributed by atoms with Crippen LogP contribution < -0.4 is 4.84 Å². The second kappa shape index (κ2) is 6.65. The highest BCUT2D eigenvalue weighted by molar-refractivity contribution is 5.71. The fourth-order valence-electron chi connectivity index (χ4n) is 1.60. The van der Waals surface area contributed by atoms with Gasteiger partial charge in [-0.1, -0.05) is 13.8 Å². The molecular weight excluding hydrogens is 262 g/mol. The average molecular weight is 285 g/mol. The molecule has 0 bridgehead atoms. The SMILES string of the molecule is CC(C)CCOC(C)(C)CC(=O)On1c(O)ccc1O. The topological polar surface area (TPSA) is 80.9 Å². The van der Waals surface area contributed by atoms with Crippen molar-refractivity contribution in [3.8, 4) is 11.8 Å². The van der Waals surface area contributed by atoms with Crippen LogP contribution in [0.2, 0.25) is 0 Å². The van der Waals surface area contributed by atoms with E-state index in [1.807, 2.05) is 0 Å². The molecule has 0 aliphatic rings. The molecule has 1 aromatic rings. The van der Waals surface area contributed by atoms with Gasteiger partial charge in [-0.15, -0.1) is 4.73 Å². The first-order valence-corrected chi connectivity index (χ1v) is 6.66. The molecule has 20 heavy (non-hydrogen) atoms. The second-order valence-electron chi connectivity index (χ2n) is 5.77. The smallest absolute Gasteiger partial charge is 0.336 e. The summed E-state index contributed by atoms with van der Waals surface area (Å²) < 4.78 is 6.33. The quantitative estimate of drug-likeness (QED) is 0.801. The summed E-state index contributed by atoms with van der Waals surface area (Å²) in [6.45, 7) is 8.36. The normalized spacial score (nSPS) is 11.8. The summed E-state index contributed by atoms with van der Waals surface area (Å²) in [5.41, 5.74) is -0.662. The fourth-order valence-corrected chi connectivity index (χ4v) is 1.60. The molecule has 0 aromatic carbocycles. The van der Waals surface area contributed by atoms with Crippen LogP contribution in [0.4, 0.5) is 0 Å². The molecule has 2 N–H and O–H groups in total. The summed E-state index contributed by atoms with van der Waals surface area (Å²) in [4.78, 5) is 16.7. The molecule has 1 aromatic heterocycles. The van der Waals surface area contributed by atoms with E-state index in [1.54, 1.807) is 13.8 Å². The van der Waals surface area contributed by atoms with Crippen LogP contribution in [0.3, 0.4) is 0 Å². The summed E-state index contributed by atoms with van der Waals surface area (Å²) in [6.07, 6.45) is 0.930. The van der Waals surface area contributed by atoms with Crippen LogP contribution in [0.5, 0.6) is 11.8 Å². The first-order chi connectivity index (χ1) is 9.21. The molecule has 1 rings (SSSR count). The molecule has 0 amide bonds. The first kappa shape index (κ1) is 16.4. The lowest BCUT2D eigenvalue weighted by molar-refractivity contribution is -0.152. The van der Waals surface area contributed by atoms with Crippen molar-refractivity contribution in [3.05, 3.63) is 12.1 Å². The van der Waals surface area contributed by atoms with Gasteiger partial charge in [-0.3, -0.25) is 0 Å². The molecule has 0 unspecified atom stereocenters. The Bertz CT molecular complexity index is 431. The molecule has 0 saturated heterocycles. The highest BCUT2D eigenvalue weighted by Crippen LogP contribution is 2.21. The Hall–Kier alpha value is -1.69. The summed E-state index contributed by atoms with van der Waals surface area (Å²) in [5.74, 6) is -0.739. The lowest BCUT2D eigenvalue weighted by Crippen LogP contribution is -2.32. The molecule has 0 aliphatic carbocycles. The van der Waals surface area contributed by atoms with E-state index in [9.17, 15) is 15.0 Å². The Morgan fingerprint density at radius 1 is 1.30 bits per heavy atom. The zero-order valence-electron chi connectivity index (χ0n) is 12.4. The van der Waals surface area contributed by atoms with Gasteiger partial charge in [0.2, 0.25) is 11.8 Å². The van der Waals surface area contributed by atoms with Crippen LogP contribution in [0.1, 0.15) is 40.5 Å². The molecule has 0 spiro atoms. The van der Waals surface area contributed by atoms with Gasteiger partial charge in [0.25, 0.3) is 0 Å². The summed E-state index contributed by atoms with van der Waals surface area (Å²) in [6, 6.07) is 2.46. The van der Waals surface area contributed by atoms with E-state index in [4.69, 9.17) is 9.57 Å². The van der Waals surface area contributed by atoms with Gasteiger partial charge in [-0.2, -0.15) is 0 Å². The molecule has 6 heteroatoms. The third kappa shape index (κ3) is 5.13. The zero-order chi connectivity index (χ0) is 15.3. The van der Waals surface area contributed by atoms with E-state index < -0.39 is 11.6 Å². The minimum absolute atomic E-state index is 0.0160. The number of carbonyl (C=O) groups is 1. The van der Waals surface area contributed by atoms with Gasteiger partial charge in [0.1, 0.15) is 0 Å². The van der Waals surface area contributed by atoms with Gasteiger partial charge < -0.3 is 19.8 Å². The number of aromatic nitrogens is 1. The number of ether oxygens (including phenoxy) is 1. The van der Waals surface area contributed by atoms with E-state index in [0.717, 1.165) is 6.42 Å². The monoisotopic (exact) mass is 285 g/mol. The van der Waals surface area contributed by atoms with E-state index >= 15 is 0 Å². The van der Waals surface area contributed by atoms with Crippen LogP contribution in [0, 0.1) is 5.92 Å². The predicted molar refractivity (Wildman–Crippen MR) is 73.5 cm³/mol. The van der Waals surface area contributed by atoms with Gasteiger partial charge >= 0.3 is 5.97 Å². The zero-order valence-corrected chi connectivity index (χ0v) is 12.4. The second-order valence-corrected chi connectivity index (χ2v) is 5.77. The summed E-state index contributed by atoms with van der Waals surface area (Å²) in [7, 11) is 0. The summed E-state index contributed by atoms with van der Waals surface area (Å²) >= 11 is 0. The maximum Gasteiger partial charge on any atom is 0.336 e. The fraction of sp³-hybridized carbons (Fsp3) is 0.643. The summed E-state index contributed by atoms with van der Waals surface area (Å²) in [5, 5.41) is 18.8. The number of nitrogens with zero attached hydrogens (tertiary/aromatic N) is 1. The highest BCUT2D eigenvalue weighted by Gasteiger charge is 2.25. The van der Waals surface area contributed by atoms with Crippen LogP contribution in [-0.2, 0) is 9.53 Å². The van der Waals surface area contributed by atoms with Crippen molar-refractivity contribution in [2.45, 2.75) is 46.1 Å². The number of carbonyl (C=O) groups excluding carboxylic acids is 1. The first-order valence-electron chi connectivity index (χ1n) is 6.66. The van der Waals surface area contributed by atoms with Crippen LogP contribution >= 0.6 is 0 Å². The van der Waals surface area contributed by atoms with Crippen molar-refractivity contribution >= 4 is 5.97 Å². The molecule has 1 heterocycles. The third-order valence-electron chi connectivity index (χ3n) is 2.75. The van der Waals surface area contributed by atoms with Gasteiger partial charge in [-0.05, 0) is 26.2 Å². The van der Waals surface area contributed by atoms with Crippen molar-refractivity contribution in [1.29, 1.82) is 0 Å². The maximum atomic E-state index is 11.8. The minimum Gasteiger partial charge on any atom is -0.492 e. The lowest BCUT2D eigenvalue weighted by Gasteiger charge is -2.24. The molecular formula is C14H23NO5. The molecule has 0 aliphatic heterocycles. The Morgan fingerprint density at radius 2 is 1.85 bits per heavy atom. The van der Waals surface area contributed by atoms with Gasteiger partial charge in [0, 0.05) is 18.7 Å². The van der Waals surface area contributed by atoms with Crippen molar-refractivity contribution < 1.29 is 24.6 Å². The number of hydrogen-bond acceptors (Lipinski definition) is 5. The predicted octanol–water partition coefficient (Wildman–Crippen LogP) is 2.09. The molecule has 0 saturated carbocycles. The number of hydrogen-bond donors (Lipinski definition) is 2. The van der Waals surface area contributed by atoms with Crippen LogP contribution in [0.15, 0.2) is 12.1 Å². The Morgan fingerprint density at radius 3 is 2.35 bits per heavy atom. The number of rotatable bonds is 7. The van der Waals surface area contributed by atoms with E-state index in [1.165, 1.54) is 12.1 Å². The van der Waals surface area contributed by atoms with Crippen LogP contribution in [-0.4, -0.2) is 33.1 Å². The molecule has 0 radical (unpaired) electrons. The molecule has 6 nitrogen and oxygen atoms in total. The van der Waals surface area contributed by atoms with Crippen molar-refractivity contribution in [2.75, 3.05) is 6.61 Å². The van der Waals surface area contributed by atoms with Crippen molar-refractivity contribution in [2.24, 2.45) is 5.92 Å². The number of aromatic hydroxyl groups is 2. The molecule has 0 atom stereocenters. The van der Waals surface area contributed by atoms with Gasteiger partial charge in [0.05, 0.1) is 12.0 Å². The van der Waals surface area contributed by atoms with Crippen molar-refractivity contribution in [3.63, 3.8) is 0 Å². The van der Waals surface area contributed by atoms with Crippen molar-refractivity contribution in [1.82, 2.24) is 4.73 Å². The minimum atomic E-state index is -0.662. The molecule has 114 valence electrons. The lowest BCUT2D eigenvalue weighted by atomic mass is 10.1. The van der Waals surface area contributed by atoms with Gasteiger partial charge in [-0.25, -0.2) is 4.79 Å². The Labute approximate surface area is 118 Å². The Balaban J connectivity index is 2.48. The largest absolute Gasteiger partial charge is 0.492 e. The van der Waals surface area contributed by atoms with E-state index in [-0.39, 0.29) is 18.2 Å². The third-order valence-corrected chi connectivity index (χ3v) is 2.75. The highest BCUT2D eigenvalue weighted by atomic mass is 16.7.